The molecule has 1 amide bonds. The molecule has 6 heteroatoms. The van der Waals surface area contributed by atoms with Gasteiger partial charge in [-0.3, -0.25) is 4.79 Å². The number of nitrogens with zero attached hydrogens (tertiary/aromatic N) is 2. The molecule has 1 saturated heterocycles. The molecule has 0 bridgehead atoms. The van der Waals surface area contributed by atoms with E-state index in [-0.39, 0.29) is 23.5 Å². The molecule has 1 aliphatic carbocycles. The highest BCUT2D eigenvalue weighted by Crippen LogP contribution is 2.43. The molecule has 3 rings (SSSR count). The van der Waals surface area contributed by atoms with E-state index in [1.807, 2.05) is 7.05 Å². The summed E-state index contributed by atoms with van der Waals surface area (Å²) < 4.78 is 1.76. The van der Waals surface area contributed by atoms with Crippen LogP contribution in [0.1, 0.15) is 49.5 Å². The first-order valence-corrected chi connectivity index (χ1v) is 8.19. The van der Waals surface area contributed by atoms with E-state index in [1.165, 1.54) is 0 Å². The zero-order valence-electron chi connectivity index (χ0n) is 13.4. The van der Waals surface area contributed by atoms with E-state index in [2.05, 4.69) is 22.5 Å². The molecule has 2 aliphatic rings. The molecule has 4 atom stereocenters. The summed E-state index contributed by atoms with van der Waals surface area (Å²) in [4.78, 5) is 16.1. The fourth-order valence-corrected chi connectivity index (χ4v) is 3.97. The third kappa shape index (κ3) is 2.90. The lowest BCUT2D eigenvalue weighted by Gasteiger charge is -2.33. The van der Waals surface area contributed by atoms with Crippen molar-refractivity contribution in [2.75, 3.05) is 6.54 Å². The largest absolute Gasteiger partial charge is 0.392 e. The Hall–Kier alpha value is -1.40. The third-order valence-corrected chi connectivity index (χ3v) is 5.35. The summed E-state index contributed by atoms with van der Waals surface area (Å²) in [6.45, 7) is 2.76. The molecule has 1 aliphatic heterocycles. The number of hydrogen-bond acceptors (Lipinski definition) is 4. The first-order valence-electron chi connectivity index (χ1n) is 8.19. The summed E-state index contributed by atoms with van der Waals surface area (Å²) in [5.74, 6) is -0.139. The number of fused-ring (bicyclic) bond motifs is 1. The van der Waals surface area contributed by atoms with Gasteiger partial charge in [0.1, 0.15) is 5.69 Å². The minimum atomic E-state index is -0.246. The number of aliphatic hydroxyl groups excluding tert-OH is 1. The lowest BCUT2D eigenvalue weighted by molar-refractivity contribution is 0.0281. The van der Waals surface area contributed by atoms with Crippen LogP contribution in [-0.4, -0.2) is 45.3 Å². The summed E-state index contributed by atoms with van der Waals surface area (Å²) in [7, 11) is 1.85. The van der Waals surface area contributed by atoms with Gasteiger partial charge >= 0.3 is 0 Å². The Kier molecular flexibility index (Phi) is 4.23. The van der Waals surface area contributed by atoms with Crippen LogP contribution in [0.5, 0.6) is 0 Å². The second-order valence-corrected chi connectivity index (χ2v) is 7.06. The van der Waals surface area contributed by atoms with E-state index in [9.17, 15) is 9.90 Å². The normalized spacial score (nSPS) is 35.0. The maximum Gasteiger partial charge on any atom is 0.271 e. The topological polar surface area (TPSA) is 79.2 Å². The Labute approximate surface area is 131 Å². The average molecular weight is 306 g/mol. The highest BCUT2D eigenvalue weighted by atomic mass is 16.3. The quantitative estimate of drug-likeness (QED) is 0.772. The predicted molar refractivity (Wildman–Crippen MR) is 83.5 cm³/mol. The van der Waals surface area contributed by atoms with Gasteiger partial charge in [0, 0.05) is 37.3 Å². The lowest BCUT2D eigenvalue weighted by Crippen LogP contribution is -2.43. The van der Waals surface area contributed by atoms with E-state index in [1.54, 1.807) is 17.1 Å². The summed E-state index contributed by atoms with van der Waals surface area (Å²) in [6.07, 6.45) is 8.27. The molecule has 1 aromatic heterocycles. The fourth-order valence-electron chi connectivity index (χ4n) is 3.97. The van der Waals surface area contributed by atoms with Gasteiger partial charge in [-0.05, 0) is 19.3 Å². The molecule has 0 radical (unpaired) electrons. The van der Waals surface area contributed by atoms with Crippen LogP contribution < -0.4 is 10.6 Å². The number of imidazole rings is 1. The Morgan fingerprint density at radius 2 is 2.32 bits per heavy atom. The highest BCUT2D eigenvalue weighted by molar-refractivity contribution is 5.92. The molecule has 6 nitrogen and oxygen atoms in total. The first-order chi connectivity index (χ1) is 10.5. The van der Waals surface area contributed by atoms with Crippen molar-refractivity contribution in [3.8, 4) is 0 Å². The van der Waals surface area contributed by atoms with Crippen molar-refractivity contribution in [1.29, 1.82) is 0 Å². The lowest BCUT2D eigenvalue weighted by atomic mass is 9.75. The number of carbonyl (C=O) groups excluding carboxylic acids is 1. The number of carbonyl (C=O) groups is 1. The van der Waals surface area contributed by atoms with Gasteiger partial charge in [-0.2, -0.15) is 0 Å². The van der Waals surface area contributed by atoms with Crippen molar-refractivity contribution in [3.63, 3.8) is 0 Å². The van der Waals surface area contributed by atoms with E-state index in [0.717, 1.165) is 32.1 Å². The number of nitrogens with one attached hydrogen (secondary N) is 2. The number of aryl methyl sites for hydroxylation is 1. The number of aliphatic hydroxyl groups is 1. The number of rotatable bonds is 3. The minimum absolute atomic E-state index is 0.0725. The monoisotopic (exact) mass is 306 g/mol. The Morgan fingerprint density at radius 3 is 3.05 bits per heavy atom. The van der Waals surface area contributed by atoms with Gasteiger partial charge in [-0.1, -0.05) is 19.8 Å². The maximum absolute atomic E-state index is 12.1. The molecule has 2 fully saturated rings. The van der Waals surface area contributed by atoms with Gasteiger partial charge in [0.25, 0.3) is 5.91 Å². The van der Waals surface area contributed by atoms with Crippen LogP contribution in [0, 0.1) is 5.41 Å². The molecular formula is C16H26N4O2. The van der Waals surface area contributed by atoms with Crippen LogP contribution in [-0.2, 0) is 7.05 Å². The Bertz CT molecular complexity index is 544. The molecule has 0 spiro atoms. The predicted octanol–water partition coefficient (Wildman–Crippen LogP) is 0.822. The second kappa shape index (κ2) is 6.01. The van der Waals surface area contributed by atoms with E-state index in [0.29, 0.717) is 18.3 Å². The molecule has 3 N–H and O–H groups in total. The second-order valence-electron chi connectivity index (χ2n) is 7.06. The molecular weight excluding hydrogens is 280 g/mol. The van der Waals surface area contributed by atoms with Crippen LogP contribution in [0.2, 0.25) is 0 Å². The molecule has 2 heterocycles. The SMILES string of the molecule is Cn1cnc(C(=O)NC[C@H]2C[C@@]3(C)[C@@H](O)CCCC[C@H]3N2)c1. The van der Waals surface area contributed by atoms with Gasteiger partial charge in [0.05, 0.1) is 12.4 Å². The van der Waals surface area contributed by atoms with E-state index in [4.69, 9.17) is 0 Å². The van der Waals surface area contributed by atoms with Crippen LogP contribution in [0.25, 0.3) is 0 Å². The maximum atomic E-state index is 12.1. The highest BCUT2D eigenvalue weighted by Gasteiger charge is 2.48. The van der Waals surface area contributed by atoms with Crippen molar-refractivity contribution >= 4 is 5.91 Å². The third-order valence-electron chi connectivity index (χ3n) is 5.35. The summed E-state index contributed by atoms with van der Waals surface area (Å²) in [6, 6.07) is 0.567. The fraction of sp³-hybridized carbons (Fsp3) is 0.750. The van der Waals surface area contributed by atoms with Crippen LogP contribution in [0.3, 0.4) is 0 Å². The number of amides is 1. The van der Waals surface area contributed by atoms with Crippen molar-refractivity contribution in [2.24, 2.45) is 12.5 Å². The summed E-state index contributed by atoms with van der Waals surface area (Å²) in [5, 5.41) is 17.0. The van der Waals surface area contributed by atoms with Crippen LogP contribution in [0.4, 0.5) is 0 Å². The van der Waals surface area contributed by atoms with E-state index < -0.39 is 0 Å². The average Bonchev–Trinajstić information content (AvgIpc) is 3.02. The number of aromatic nitrogens is 2. The van der Waals surface area contributed by atoms with Crippen LogP contribution in [0.15, 0.2) is 12.5 Å². The zero-order valence-corrected chi connectivity index (χ0v) is 13.4. The van der Waals surface area contributed by atoms with Crippen molar-refractivity contribution in [2.45, 2.75) is 57.2 Å². The molecule has 0 aromatic carbocycles. The van der Waals surface area contributed by atoms with E-state index >= 15 is 0 Å². The summed E-state index contributed by atoms with van der Waals surface area (Å²) >= 11 is 0. The number of hydrogen-bond donors (Lipinski definition) is 3. The molecule has 1 aromatic rings. The van der Waals surface area contributed by atoms with Crippen LogP contribution >= 0.6 is 0 Å². The smallest absolute Gasteiger partial charge is 0.271 e. The van der Waals surface area contributed by atoms with Gasteiger partial charge in [-0.25, -0.2) is 4.98 Å². The first kappa shape index (κ1) is 15.5. The van der Waals surface area contributed by atoms with Gasteiger partial charge in [-0.15, -0.1) is 0 Å². The zero-order chi connectivity index (χ0) is 15.7. The Balaban J connectivity index is 1.57. The van der Waals surface area contributed by atoms with Gasteiger partial charge < -0.3 is 20.3 Å². The van der Waals surface area contributed by atoms with Crippen molar-refractivity contribution < 1.29 is 9.90 Å². The Morgan fingerprint density at radius 1 is 1.55 bits per heavy atom. The molecule has 22 heavy (non-hydrogen) atoms. The standard InChI is InChI=1S/C16H26N4O2/c1-16-7-11(19-13(16)5-3-4-6-14(16)21)8-17-15(22)12-9-20(2)10-18-12/h9-11,13-14,19,21H,3-8H2,1-2H3,(H,17,22)/t11-,13-,14+,16-/m1/s1. The van der Waals surface area contributed by atoms with Gasteiger partial charge in [0.2, 0.25) is 0 Å². The van der Waals surface area contributed by atoms with Crippen molar-refractivity contribution in [1.82, 2.24) is 20.2 Å². The van der Waals surface area contributed by atoms with Crippen molar-refractivity contribution in [3.05, 3.63) is 18.2 Å². The summed E-state index contributed by atoms with van der Waals surface area (Å²) in [5.41, 5.74) is 0.373. The minimum Gasteiger partial charge on any atom is -0.392 e. The van der Waals surface area contributed by atoms with Gasteiger partial charge in [0.15, 0.2) is 0 Å². The molecule has 122 valence electrons. The molecule has 1 saturated carbocycles. The molecule has 0 unspecified atom stereocenters.